The summed E-state index contributed by atoms with van der Waals surface area (Å²) in [6.07, 6.45) is 34.3. The smallest absolute Gasteiger partial charge is 0.234 e. The van der Waals surface area contributed by atoms with Gasteiger partial charge in [-0.05, 0) is 25.7 Å². The Kier molecular flexibility index (Phi) is 19.2. The van der Waals surface area contributed by atoms with Crippen molar-refractivity contribution in [3.8, 4) is 0 Å². The number of hydrogen-bond donors (Lipinski definition) is 0. The second-order valence-corrected chi connectivity index (χ2v) is 9.86. The molecule has 0 fully saturated rings. The third-order valence-electron chi connectivity index (χ3n) is 6.81. The minimum Gasteiger partial charge on any atom is -0.234 e. The first-order valence-corrected chi connectivity index (χ1v) is 14.4. The lowest BCUT2D eigenvalue weighted by Crippen LogP contribution is -2.37. The average molecular weight is 434 g/mol. The van der Waals surface area contributed by atoms with Crippen LogP contribution >= 0.6 is 0 Å². The molecule has 0 unspecified atom stereocenters. The van der Waals surface area contributed by atoms with Crippen molar-refractivity contribution in [2.24, 2.45) is 0 Å². The second kappa shape index (κ2) is 21.1. The molecule has 0 saturated heterocycles. The van der Waals surface area contributed by atoms with Crippen LogP contribution in [0, 0.1) is 0 Å². The summed E-state index contributed by atoms with van der Waals surface area (Å²) in [5, 5.41) is 0. The van der Waals surface area contributed by atoms with Gasteiger partial charge in [0.1, 0.15) is 12.4 Å². The Morgan fingerprint density at radius 2 is 1.00 bits per heavy atom. The lowest BCUT2D eigenvalue weighted by Gasteiger charge is -2.06. The first-order valence-electron chi connectivity index (χ1n) is 14.4. The van der Waals surface area contributed by atoms with E-state index in [1.54, 1.807) is 5.82 Å². The zero-order valence-corrected chi connectivity index (χ0v) is 21.8. The van der Waals surface area contributed by atoms with Crippen LogP contribution in [0.2, 0.25) is 0 Å². The predicted octanol–water partition coefficient (Wildman–Crippen LogP) is 9.18. The van der Waals surface area contributed by atoms with Gasteiger partial charge in [-0.3, -0.25) is 0 Å². The van der Waals surface area contributed by atoms with Crippen molar-refractivity contribution in [3.05, 3.63) is 18.2 Å². The van der Waals surface area contributed by atoms with Crippen molar-refractivity contribution in [1.29, 1.82) is 0 Å². The van der Waals surface area contributed by atoms with E-state index in [1.807, 2.05) is 0 Å². The normalized spacial score (nSPS) is 11.5. The standard InChI is InChI=1S/C29H57N2/c1-4-7-9-10-11-12-13-14-15-16-17-18-19-20-21-23-26-31-28-27-30(25-6-3)29(31)24-22-8-5-2/h27-28H,4-26H2,1-3H3/q+1. The molecule has 182 valence electrons. The van der Waals surface area contributed by atoms with Crippen molar-refractivity contribution in [1.82, 2.24) is 4.57 Å². The Labute approximate surface area is 196 Å². The number of imidazole rings is 1. The molecular weight excluding hydrogens is 376 g/mol. The lowest BCUT2D eigenvalue weighted by atomic mass is 10.0. The Hall–Kier alpha value is -0.790. The van der Waals surface area contributed by atoms with Crippen molar-refractivity contribution in [3.63, 3.8) is 0 Å². The fourth-order valence-electron chi connectivity index (χ4n) is 4.80. The summed E-state index contributed by atoms with van der Waals surface area (Å²) < 4.78 is 5.05. The molecule has 0 aliphatic carbocycles. The molecule has 0 aliphatic rings. The largest absolute Gasteiger partial charge is 0.256 e. The molecular formula is C29H57N2+. The molecule has 0 spiro atoms. The van der Waals surface area contributed by atoms with E-state index in [2.05, 4.69) is 42.3 Å². The minimum absolute atomic E-state index is 1.17. The Morgan fingerprint density at radius 3 is 1.48 bits per heavy atom. The monoisotopic (exact) mass is 433 g/mol. The fourth-order valence-corrected chi connectivity index (χ4v) is 4.80. The van der Waals surface area contributed by atoms with Gasteiger partial charge in [0.2, 0.25) is 0 Å². The van der Waals surface area contributed by atoms with Crippen LogP contribution in [0.1, 0.15) is 155 Å². The van der Waals surface area contributed by atoms with Crippen LogP contribution in [0.4, 0.5) is 0 Å². The SMILES string of the molecule is CCCCCCCCCCCCCCCCCC[n+]1ccn(CCC)c1CCCCC. The van der Waals surface area contributed by atoms with Crippen molar-refractivity contribution >= 4 is 0 Å². The van der Waals surface area contributed by atoms with Crippen LogP contribution in [0.3, 0.4) is 0 Å². The minimum atomic E-state index is 1.17. The van der Waals surface area contributed by atoms with Crippen molar-refractivity contribution < 1.29 is 4.57 Å². The number of aryl methyl sites for hydroxylation is 2. The highest BCUT2D eigenvalue weighted by Gasteiger charge is 2.15. The summed E-state index contributed by atoms with van der Waals surface area (Å²) in [6, 6.07) is 0. The van der Waals surface area contributed by atoms with Crippen molar-refractivity contribution in [2.45, 2.75) is 169 Å². The molecule has 0 atom stereocenters. The zero-order chi connectivity index (χ0) is 22.4. The molecule has 2 nitrogen and oxygen atoms in total. The molecule has 0 bridgehead atoms. The van der Waals surface area contributed by atoms with Gasteiger partial charge in [0.25, 0.3) is 5.82 Å². The van der Waals surface area contributed by atoms with Gasteiger partial charge in [-0.1, -0.05) is 124 Å². The molecule has 0 radical (unpaired) electrons. The van der Waals surface area contributed by atoms with Crippen LogP contribution in [0.5, 0.6) is 0 Å². The second-order valence-electron chi connectivity index (χ2n) is 9.86. The van der Waals surface area contributed by atoms with E-state index in [1.165, 1.54) is 148 Å². The molecule has 1 aromatic heterocycles. The summed E-state index contributed by atoms with van der Waals surface area (Å²) in [5.74, 6) is 1.57. The molecule has 0 saturated carbocycles. The number of unbranched alkanes of at least 4 members (excludes halogenated alkanes) is 17. The van der Waals surface area contributed by atoms with Crippen LogP contribution in [-0.2, 0) is 19.5 Å². The van der Waals surface area contributed by atoms with E-state index in [9.17, 15) is 0 Å². The van der Waals surface area contributed by atoms with Gasteiger partial charge in [0.05, 0.1) is 13.1 Å². The fraction of sp³-hybridized carbons (Fsp3) is 0.897. The average Bonchev–Trinajstić information content (AvgIpc) is 3.15. The first kappa shape index (κ1) is 28.2. The van der Waals surface area contributed by atoms with Crippen LogP contribution < -0.4 is 4.57 Å². The highest BCUT2D eigenvalue weighted by molar-refractivity contribution is 4.84. The van der Waals surface area contributed by atoms with E-state index in [0.29, 0.717) is 0 Å². The maximum Gasteiger partial charge on any atom is 0.256 e. The molecule has 1 heterocycles. The topological polar surface area (TPSA) is 8.81 Å². The van der Waals surface area contributed by atoms with E-state index in [0.717, 1.165) is 0 Å². The van der Waals surface area contributed by atoms with E-state index < -0.39 is 0 Å². The van der Waals surface area contributed by atoms with E-state index in [-0.39, 0.29) is 0 Å². The maximum absolute atomic E-state index is 2.55. The molecule has 0 amide bonds. The van der Waals surface area contributed by atoms with Gasteiger partial charge < -0.3 is 0 Å². The van der Waals surface area contributed by atoms with Gasteiger partial charge in [-0.15, -0.1) is 0 Å². The number of rotatable bonds is 23. The van der Waals surface area contributed by atoms with Crippen LogP contribution in [0.15, 0.2) is 12.4 Å². The number of aromatic nitrogens is 2. The third kappa shape index (κ3) is 14.8. The van der Waals surface area contributed by atoms with Crippen LogP contribution in [0.25, 0.3) is 0 Å². The van der Waals surface area contributed by atoms with Gasteiger partial charge in [-0.25, -0.2) is 9.13 Å². The van der Waals surface area contributed by atoms with E-state index in [4.69, 9.17) is 0 Å². The van der Waals surface area contributed by atoms with Gasteiger partial charge >= 0.3 is 0 Å². The summed E-state index contributed by atoms with van der Waals surface area (Å²) in [4.78, 5) is 0. The molecule has 0 aliphatic heterocycles. The van der Waals surface area contributed by atoms with Gasteiger partial charge in [0.15, 0.2) is 0 Å². The molecule has 0 aromatic carbocycles. The quantitative estimate of drug-likeness (QED) is 0.120. The Morgan fingerprint density at radius 1 is 0.548 bits per heavy atom. The van der Waals surface area contributed by atoms with Crippen LogP contribution in [-0.4, -0.2) is 4.57 Å². The number of hydrogen-bond acceptors (Lipinski definition) is 0. The summed E-state index contributed by atoms with van der Waals surface area (Å²) >= 11 is 0. The third-order valence-corrected chi connectivity index (χ3v) is 6.81. The molecule has 1 rings (SSSR count). The molecule has 31 heavy (non-hydrogen) atoms. The summed E-state index contributed by atoms with van der Waals surface area (Å²) in [7, 11) is 0. The zero-order valence-electron chi connectivity index (χ0n) is 21.8. The molecule has 0 N–H and O–H groups in total. The van der Waals surface area contributed by atoms with Crippen molar-refractivity contribution in [2.75, 3.05) is 0 Å². The molecule has 2 heteroatoms. The molecule has 1 aromatic rings. The number of nitrogens with zero attached hydrogens (tertiary/aromatic N) is 2. The van der Waals surface area contributed by atoms with E-state index >= 15 is 0 Å². The first-order chi connectivity index (χ1) is 15.3. The highest BCUT2D eigenvalue weighted by atomic mass is 15.1. The lowest BCUT2D eigenvalue weighted by molar-refractivity contribution is -0.704. The van der Waals surface area contributed by atoms with Gasteiger partial charge in [-0.2, -0.15) is 0 Å². The Balaban J connectivity index is 1.98. The summed E-state index contributed by atoms with van der Waals surface area (Å²) in [6.45, 7) is 9.28. The highest BCUT2D eigenvalue weighted by Crippen LogP contribution is 2.14. The summed E-state index contributed by atoms with van der Waals surface area (Å²) in [5.41, 5.74) is 0. The Bertz CT molecular complexity index is 491. The maximum atomic E-state index is 2.55. The predicted molar refractivity (Wildman–Crippen MR) is 138 cm³/mol. The van der Waals surface area contributed by atoms with Gasteiger partial charge in [0, 0.05) is 6.42 Å².